The number of ether oxygens (including phenoxy) is 1. The fraction of sp³-hybridized carbons (Fsp3) is 0.455. The fourth-order valence-electron chi connectivity index (χ4n) is 1.79. The van der Waals surface area contributed by atoms with Crippen LogP contribution in [0.1, 0.15) is 5.89 Å². The van der Waals surface area contributed by atoms with Crippen LogP contribution in [0.4, 0.5) is 0 Å². The lowest BCUT2D eigenvalue weighted by molar-refractivity contribution is 0.0246. The van der Waals surface area contributed by atoms with Gasteiger partial charge >= 0.3 is 0 Å². The molecule has 1 saturated heterocycles. The van der Waals surface area contributed by atoms with Crippen molar-refractivity contribution in [3.8, 4) is 10.7 Å². The van der Waals surface area contributed by atoms with Crippen LogP contribution in [-0.2, 0) is 11.2 Å². The SMILES string of the molecule is Cl.c1csc(-c2noc(CC3CNCCO3)n2)c1. The van der Waals surface area contributed by atoms with Crippen molar-refractivity contribution in [3.05, 3.63) is 23.4 Å². The number of nitrogens with one attached hydrogen (secondary N) is 1. The minimum atomic E-state index is 0. The number of thiophene rings is 1. The molecule has 0 aliphatic carbocycles. The van der Waals surface area contributed by atoms with Crippen molar-refractivity contribution < 1.29 is 9.26 Å². The van der Waals surface area contributed by atoms with Gasteiger partial charge in [-0.1, -0.05) is 11.2 Å². The van der Waals surface area contributed by atoms with E-state index in [-0.39, 0.29) is 18.5 Å². The summed E-state index contributed by atoms with van der Waals surface area (Å²) in [6.07, 6.45) is 0.811. The molecule has 3 rings (SSSR count). The first-order chi connectivity index (χ1) is 8.42. The Morgan fingerprint density at radius 3 is 3.17 bits per heavy atom. The van der Waals surface area contributed by atoms with Crippen LogP contribution in [0.15, 0.2) is 22.0 Å². The van der Waals surface area contributed by atoms with Gasteiger partial charge in [0.05, 0.1) is 24.0 Å². The molecule has 0 saturated carbocycles. The molecule has 1 aliphatic heterocycles. The summed E-state index contributed by atoms with van der Waals surface area (Å²) in [6, 6.07) is 3.96. The number of morpholine rings is 1. The zero-order valence-electron chi connectivity index (χ0n) is 9.67. The smallest absolute Gasteiger partial charge is 0.229 e. The zero-order valence-corrected chi connectivity index (χ0v) is 11.3. The minimum Gasteiger partial charge on any atom is -0.375 e. The summed E-state index contributed by atoms with van der Waals surface area (Å²) in [5.74, 6) is 1.31. The first kappa shape index (κ1) is 13.5. The topological polar surface area (TPSA) is 60.2 Å². The lowest BCUT2D eigenvalue weighted by Gasteiger charge is -2.21. The molecule has 0 aromatic carbocycles. The summed E-state index contributed by atoms with van der Waals surface area (Å²) >= 11 is 1.61. The molecule has 1 aliphatic rings. The van der Waals surface area contributed by atoms with E-state index in [0.717, 1.165) is 24.6 Å². The second kappa shape index (κ2) is 6.29. The van der Waals surface area contributed by atoms with E-state index in [9.17, 15) is 0 Å². The van der Waals surface area contributed by atoms with E-state index in [1.54, 1.807) is 11.3 Å². The number of nitrogens with zero attached hydrogens (tertiary/aromatic N) is 2. The summed E-state index contributed by atoms with van der Waals surface area (Å²) in [7, 11) is 0. The Bertz CT molecular complexity index is 468. The standard InChI is InChI=1S/C11H13N3O2S.ClH/c1-2-9(17-5-1)11-13-10(16-14-11)6-8-7-12-3-4-15-8;/h1-2,5,8,12H,3-4,6-7H2;1H. The second-order valence-electron chi connectivity index (χ2n) is 3.89. The Morgan fingerprint density at radius 1 is 1.50 bits per heavy atom. The first-order valence-corrected chi connectivity index (χ1v) is 6.48. The summed E-state index contributed by atoms with van der Waals surface area (Å²) in [5.41, 5.74) is 0. The molecular weight excluding hydrogens is 274 g/mol. The highest BCUT2D eigenvalue weighted by atomic mass is 35.5. The molecule has 1 atom stereocenters. The van der Waals surface area contributed by atoms with Crippen LogP contribution in [0.2, 0.25) is 0 Å². The van der Waals surface area contributed by atoms with Crippen LogP contribution < -0.4 is 5.32 Å². The zero-order chi connectivity index (χ0) is 11.5. The summed E-state index contributed by atoms with van der Waals surface area (Å²) in [5, 5.41) is 9.25. The molecule has 3 heterocycles. The van der Waals surface area contributed by atoms with Crippen molar-refractivity contribution in [1.29, 1.82) is 0 Å². The fourth-order valence-corrected chi connectivity index (χ4v) is 2.44. The molecule has 7 heteroatoms. The molecule has 0 spiro atoms. The highest BCUT2D eigenvalue weighted by molar-refractivity contribution is 7.13. The van der Waals surface area contributed by atoms with Gasteiger partial charge in [0.1, 0.15) is 0 Å². The van der Waals surface area contributed by atoms with Gasteiger partial charge in [0.15, 0.2) is 0 Å². The Balaban J connectivity index is 0.00000120. The molecule has 5 nitrogen and oxygen atoms in total. The van der Waals surface area contributed by atoms with Gasteiger partial charge in [-0.2, -0.15) is 4.98 Å². The lowest BCUT2D eigenvalue weighted by Crippen LogP contribution is -2.39. The molecule has 1 unspecified atom stereocenters. The van der Waals surface area contributed by atoms with E-state index >= 15 is 0 Å². The van der Waals surface area contributed by atoms with Gasteiger partial charge in [-0.3, -0.25) is 0 Å². The maximum Gasteiger partial charge on any atom is 0.229 e. The quantitative estimate of drug-likeness (QED) is 0.932. The van der Waals surface area contributed by atoms with Crippen molar-refractivity contribution in [2.45, 2.75) is 12.5 Å². The average molecular weight is 288 g/mol. The maximum absolute atomic E-state index is 5.59. The van der Waals surface area contributed by atoms with Crippen molar-refractivity contribution >= 4 is 23.7 Å². The number of halogens is 1. The number of rotatable bonds is 3. The van der Waals surface area contributed by atoms with Gasteiger partial charge in [-0.05, 0) is 11.4 Å². The third kappa shape index (κ3) is 3.08. The summed E-state index contributed by atoms with van der Waals surface area (Å²) < 4.78 is 10.8. The number of hydrogen-bond acceptors (Lipinski definition) is 6. The second-order valence-corrected chi connectivity index (χ2v) is 4.84. The van der Waals surface area contributed by atoms with Gasteiger partial charge < -0.3 is 14.6 Å². The average Bonchev–Trinajstić information content (AvgIpc) is 3.00. The highest BCUT2D eigenvalue weighted by Crippen LogP contribution is 2.21. The van der Waals surface area contributed by atoms with Gasteiger partial charge in [-0.25, -0.2) is 0 Å². The van der Waals surface area contributed by atoms with E-state index < -0.39 is 0 Å². The van der Waals surface area contributed by atoms with Crippen molar-refractivity contribution in [2.75, 3.05) is 19.7 Å². The van der Waals surface area contributed by atoms with E-state index in [0.29, 0.717) is 18.1 Å². The van der Waals surface area contributed by atoms with E-state index in [1.165, 1.54) is 0 Å². The predicted octanol–water partition coefficient (Wildman–Crippen LogP) is 1.75. The minimum absolute atomic E-state index is 0. The van der Waals surface area contributed by atoms with Gasteiger partial charge in [0.25, 0.3) is 0 Å². The van der Waals surface area contributed by atoms with Crippen molar-refractivity contribution in [1.82, 2.24) is 15.5 Å². The Labute approximate surface area is 115 Å². The molecule has 0 amide bonds. The van der Waals surface area contributed by atoms with E-state index in [2.05, 4.69) is 15.5 Å². The van der Waals surface area contributed by atoms with Crippen LogP contribution in [0.3, 0.4) is 0 Å². The molecule has 1 fully saturated rings. The summed E-state index contributed by atoms with van der Waals surface area (Å²) in [6.45, 7) is 2.51. The predicted molar refractivity (Wildman–Crippen MR) is 71.2 cm³/mol. The molecule has 2 aromatic rings. The van der Waals surface area contributed by atoms with Gasteiger partial charge in [0.2, 0.25) is 11.7 Å². The third-order valence-electron chi connectivity index (χ3n) is 2.62. The molecule has 1 N–H and O–H groups in total. The summed E-state index contributed by atoms with van der Waals surface area (Å²) in [4.78, 5) is 5.40. The van der Waals surface area contributed by atoms with Crippen LogP contribution in [-0.4, -0.2) is 35.9 Å². The molecule has 0 radical (unpaired) electrons. The third-order valence-corrected chi connectivity index (χ3v) is 3.48. The van der Waals surface area contributed by atoms with E-state index in [1.807, 2.05) is 17.5 Å². The largest absolute Gasteiger partial charge is 0.375 e. The maximum atomic E-state index is 5.59. The molecule has 18 heavy (non-hydrogen) atoms. The first-order valence-electron chi connectivity index (χ1n) is 5.60. The van der Waals surface area contributed by atoms with Crippen LogP contribution in [0.25, 0.3) is 10.7 Å². The normalized spacial score (nSPS) is 19.4. The molecule has 98 valence electrons. The molecule has 2 aromatic heterocycles. The van der Waals surface area contributed by atoms with Crippen molar-refractivity contribution in [2.24, 2.45) is 0 Å². The number of hydrogen-bond donors (Lipinski definition) is 1. The van der Waals surface area contributed by atoms with Crippen LogP contribution >= 0.6 is 23.7 Å². The van der Waals surface area contributed by atoms with Crippen LogP contribution in [0, 0.1) is 0 Å². The van der Waals surface area contributed by atoms with Crippen molar-refractivity contribution in [3.63, 3.8) is 0 Å². The van der Waals surface area contributed by atoms with Crippen LogP contribution in [0.5, 0.6) is 0 Å². The Morgan fingerprint density at radius 2 is 2.44 bits per heavy atom. The Kier molecular flexibility index (Phi) is 4.71. The highest BCUT2D eigenvalue weighted by Gasteiger charge is 2.18. The molecular formula is C11H14ClN3O2S. The molecule has 0 bridgehead atoms. The lowest BCUT2D eigenvalue weighted by atomic mass is 10.2. The van der Waals surface area contributed by atoms with Gasteiger partial charge in [0, 0.05) is 13.1 Å². The number of aromatic nitrogens is 2. The Hall–Kier alpha value is -0.950. The van der Waals surface area contributed by atoms with E-state index in [4.69, 9.17) is 9.26 Å². The van der Waals surface area contributed by atoms with Gasteiger partial charge in [-0.15, -0.1) is 23.7 Å². The monoisotopic (exact) mass is 287 g/mol.